The van der Waals surface area contributed by atoms with Gasteiger partial charge in [0.1, 0.15) is 11.2 Å². The zero-order valence-corrected chi connectivity index (χ0v) is 26.4. The average molecular weight is 627 g/mol. The molecule has 0 saturated carbocycles. The summed E-state index contributed by atoms with van der Waals surface area (Å²) >= 11 is 0. The van der Waals surface area contributed by atoms with Gasteiger partial charge in [0.2, 0.25) is 0 Å². The Morgan fingerprint density at radius 1 is 0.327 bits per heavy atom. The first-order valence-corrected chi connectivity index (χ1v) is 16.5. The maximum Gasteiger partial charge on any atom is 0.143 e. The number of furan rings is 1. The molecule has 0 amide bonds. The van der Waals surface area contributed by atoms with Crippen LogP contribution in [0.5, 0.6) is 0 Å². The average Bonchev–Trinajstić information content (AvgIpc) is 3.60. The van der Waals surface area contributed by atoms with Crippen LogP contribution in [0.2, 0.25) is 0 Å². The van der Waals surface area contributed by atoms with E-state index in [1.54, 1.807) is 6.07 Å². The lowest BCUT2D eigenvalue weighted by atomic mass is 9.85. The molecule has 49 heavy (non-hydrogen) atoms. The molecule has 10 rings (SSSR count). The van der Waals surface area contributed by atoms with E-state index in [1.807, 2.05) is 30.3 Å². The van der Waals surface area contributed by atoms with Crippen molar-refractivity contribution in [3.63, 3.8) is 0 Å². The Bertz CT molecular complexity index is 3020. The second-order valence-electron chi connectivity index (χ2n) is 12.5. The van der Waals surface area contributed by atoms with Gasteiger partial charge in [-0.25, -0.2) is 0 Å². The quantitative estimate of drug-likeness (QED) is 0.177. The topological polar surface area (TPSA) is 13.1 Å². The van der Waals surface area contributed by atoms with Crippen molar-refractivity contribution in [3.8, 4) is 44.5 Å². The summed E-state index contributed by atoms with van der Waals surface area (Å²) in [6.45, 7) is 0. The van der Waals surface area contributed by atoms with Gasteiger partial charge in [-0.05, 0) is 71.9 Å². The molecular formula is C48H30O. The fraction of sp³-hybridized carbons (Fsp3) is 0. The van der Waals surface area contributed by atoms with Gasteiger partial charge in [-0.1, -0.05) is 176 Å². The lowest BCUT2D eigenvalue weighted by Gasteiger charge is -2.18. The van der Waals surface area contributed by atoms with Crippen LogP contribution in [0.1, 0.15) is 5.48 Å². The maximum absolute atomic E-state index is 8.67. The summed E-state index contributed by atoms with van der Waals surface area (Å²) < 4.78 is 40.1. The van der Waals surface area contributed by atoms with Gasteiger partial charge in [-0.15, -0.1) is 0 Å². The fourth-order valence-corrected chi connectivity index (χ4v) is 7.54. The minimum Gasteiger partial charge on any atom is -0.455 e. The lowest BCUT2D eigenvalue weighted by Crippen LogP contribution is -1.91. The monoisotopic (exact) mass is 626 g/mol. The Morgan fingerprint density at radius 2 is 0.816 bits per heavy atom. The predicted molar refractivity (Wildman–Crippen MR) is 208 cm³/mol. The van der Waals surface area contributed by atoms with Crippen LogP contribution in [0.15, 0.2) is 186 Å². The summed E-state index contributed by atoms with van der Waals surface area (Å²) in [5.74, 6) is 0. The van der Waals surface area contributed by atoms with Crippen LogP contribution >= 0.6 is 0 Å². The largest absolute Gasteiger partial charge is 0.455 e. The van der Waals surface area contributed by atoms with Gasteiger partial charge in [-0.3, -0.25) is 0 Å². The molecule has 0 spiro atoms. The van der Waals surface area contributed by atoms with Gasteiger partial charge in [0, 0.05) is 21.7 Å². The highest BCUT2D eigenvalue weighted by Gasteiger charge is 2.18. The van der Waals surface area contributed by atoms with Gasteiger partial charge < -0.3 is 4.42 Å². The Morgan fingerprint density at radius 3 is 1.45 bits per heavy atom. The summed E-state index contributed by atoms with van der Waals surface area (Å²) in [6, 6.07) is 54.5. The van der Waals surface area contributed by atoms with Gasteiger partial charge in [-0.2, -0.15) is 0 Å². The molecule has 1 nitrogen and oxygen atoms in total. The molecule has 0 unspecified atom stereocenters. The van der Waals surface area contributed by atoms with E-state index in [0.717, 1.165) is 27.5 Å². The van der Waals surface area contributed by atoms with Crippen molar-refractivity contribution in [1.82, 2.24) is 0 Å². The zero-order valence-electron chi connectivity index (χ0n) is 30.4. The minimum atomic E-state index is -0.264. The standard InChI is InChI=1S/C48H30O/c1-2-11-31(12-3-1)32-21-25-35(26-22-32)45-39-15-6-8-17-41(39)46(42-18-9-7-16-40(42)45)36-27-23-34(24-28-36)38-19-10-20-43-44-30-29-33-13-4-5-14-37(33)48(44)49-47(38)43/h1-30H/i4D,5D,13D,14D. The lowest BCUT2D eigenvalue weighted by molar-refractivity contribution is 0.674. The first-order valence-electron chi connectivity index (χ1n) is 18.5. The molecule has 1 heterocycles. The van der Waals surface area contributed by atoms with Crippen molar-refractivity contribution < 1.29 is 9.90 Å². The molecule has 0 radical (unpaired) electrons. The number of rotatable bonds is 4. The SMILES string of the molecule is [2H]c1c([2H])c([2H])c2c(ccc3c4cccc(-c5ccc(-c6c7ccccc7c(-c7ccc(-c8ccccc8)cc7)c7ccccc67)cc5)c4oc32)c1[2H]. The summed E-state index contributed by atoms with van der Waals surface area (Å²) in [6.07, 6.45) is 0. The summed E-state index contributed by atoms with van der Waals surface area (Å²) in [5.41, 5.74) is 10.2. The molecule has 1 heteroatoms. The smallest absolute Gasteiger partial charge is 0.143 e. The van der Waals surface area contributed by atoms with Crippen LogP contribution in [0, 0.1) is 0 Å². The summed E-state index contributed by atoms with van der Waals surface area (Å²) in [7, 11) is 0. The molecule has 0 atom stereocenters. The first-order chi connectivity index (χ1) is 26.0. The first kappa shape index (κ1) is 23.8. The third kappa shape index (κ3) is 4.40. The molecule has 228 valence electrons. The predicted octanol–water partition coefficient (Wildman–Crippen LogP) is 13.7. The number of hydrogen-bond acceptors (Lipinski definition) is 1. The highest BCUT2D eigenvalue weighted by Crippen LogP contribution is 2.45. The Kier molecular flexibility index (Phi) is 5.38. The van der Waals surface area contributed by atoms with Crippen molar-refractivity contribution in [2.24, 2.45) is 0 Å². The van der Waals surface area contributed by atoms with Crippen LogP contribution in [0.3, 0.4) is 0 Å². The molecule has 10 aromatic rings. The van der Waals surface area contributed by atoms with E-state index in [9.17, 15) is 0 Å². The second kappa shape index (κ2) is 11.1. The number of hydrogen-bond donors (Lipinski definition) is 0. The van der Waals surface area contributed by atoms with Gasteiger partial charge >= 0.3 is 0 Å². The summed E-state index contributed by atoms with van der Waals surface area (Å²) in [4.78, 5) is 0. The molecular weight excluding hydrogens is 593 g/mol. The maximum atomic E-state index is 8.67. The normalized spacial score (nSPS) is 12.8. The van der Waals surface area contributed by atoms with Crippen LogP contribution in [0.25, 0.3) is 98.8 Å². The molecule has 0 aliphatic rings. The number of benzene rings is 9. The Balaban J connectivity index is 1.12. The van der Waals surface area contributed by atoms with E-state index in [2.05, 4.69) is 121 Å². The van der Waals surface area contributed by atoms with Crippen molar-refractivity contribution >= 4 is 54.3 Å². The van der Waals surface area contributed by atoms with E-state index >= 15 is 0 Å². The van der Waals surface area contributed by atoms with E-state index in [0.29, 0.717) is 21.9 Å². The highest BCUT2D eigenvalue weighted by atomic mass is 16.3. The van der Waals surface area contributed by atoms with Crippen LogP contribution in [-0.2, 0) is 0 Å². The van der Waals surface area contributed by atoms with Crippen molar-refractivity contribution in [1.29, 1.82) is 0 Å². The molecule has 0 aliphatic heterocycles. The minimum absolute atomic E-state index is 0.0618. The van der Waals surface area contributed by atoms with Crippen LogP contribution in [0.4, 0.5) is 0 Å². The van der Waals surface area contributed by atoms with E-state index in [1.165, 1.54) is 49.4 Å². The molecule has 0 N–H and O–H groups in total. The third-order valence-corrected chi connectivity index (χ3v) is 9.81. The van der Waals surface area contributed by atoms with Crippen LogP contribution in [-0.4, -0.2) is 0 Å². The Hall–Kier alpha value is -6.44. The van der Waals surface area contributed by atoms with Gasteiger partial charge in [0.25, 0.3) is 0 Å². The van der Waals surface area contributed by atoms with Crippen LogP contribution < -0.4 is 0 Å². The third-order valence-electron chi connectivity index (χ3n) is 9.81. The number of para-hydroxylation sites is 1. The molecule has 0 saturated heterocycles. The fourth-order valence-electron chi connectivity index (χ4n) is 7.54. The van der Waals surface area contributed by atoms with E-state index in [4.69, 9.17) is 9.90 Å². The van der Waals surface area contributed by atoms with Gasteiger partial charge in [0.15, 0.2) is 0 Å². The van der Waals surface area contributed by atoms with Gasteiger partial charge in [0.05, 0.1) is 5.48 Å². The highest BCUT2D eigenvalue weighted by molar-refractivity contribution is 6.22. The zero-order chi connectivity index (χ0) is 35.8. The van der Waals surface area contributed by atoms with Crippen molar-refractivity contribution in [3.05, 3.63) is 182 Å². The molecule has 9 aromatic carbocycles. The summed E-state index contributed by atoms with van der Waals surface area (Å²) in [5, 5.41) is 7.37. The van der Waals surface area contributed by atoms with Crippen molar-refractivity contribution in [2.45, 2.75) is 0 Å². The van der Waals surface area contributed by atoms with Crippen molar-refractivity contribution in [2.75, 3.05) is 0 Å². The number of fused-ring (bicyclic) bond motifs is 7. The second-order valence-corrected chi connectivity index (χ2v) is 12.5. The molecule has 0 aliphatic carbocycles. The molecule has 0 bridgehead atoms. The molecule has 1 aromatic heterocycles. The van der Waals surface area contributed by atoms with E-state index in [-0.39, 0.29) is 24.2 Å². The Labute approximate surface area is 289 Å². The van der Waals surface area contributed by atoms with E-state index < -0.39 is 0 Å². The molecule has 0 fully saturated rings.